The summed E-state index contributed by atoms with van der Waals surface area (Å²) in [5.41, 5.74) is 0. The minimum Gasteiger partial charge on any atom is -0.372 e. The van der Waals surface area contributed by atoms with Crippen LogP contribution in [0.4, 0.5) is 0 Å². The number of carbonyl (C=O) groups excluding carboxylic acids is 1. The van der Waals surface area contributed by atoms with Crippen LogP contribution in [0.3, 0.4) is 0 Å². The van der Waals surface area contributed by atoms with Gasteiger partial charge in [0.25, 0.3) is 0 Å². The van der Waals surface area contributed by atoms with Gasteiger partial charge in [0.2, 0.25) is 5.91 Å². The lowest BCUT2D eigenvalue weighted by molar-refractivity contribution is -0.125. The van der Waals surface area contributed by atoms with Crippen LogP contribution in [0.25, 0.3) is 0 Å². The number of nitrogens with one attached hydrogen (secondary N) is 1. The predicted octanol–water partition coefficient (Wildman–Crippen LogP) is 0.0728. The van der Waals surface area contributed by atoms with Crippen molar-refractivity contribution in [2.24, 2.45) is 7.05 Å². The highest BCUT2D eigenvalue weighted by molar-refractivity contribution is 5.77. The molecule has 0 fully saturated rings. The van der Waals surface area contributed by atoms with Crippen molar-refractivity contribution in [3.63, 3.8) is 0 Å². The molecule has 1 N–H and O–H groups in total. The molecule has 1 aromatic heterocycles. The molecule has 0 spiro atoms. The Balaban J connectivity index is 2.27. The van der Waals surface area contributed by atoms with Crippen molar-refractivity contribution in [3.8, 4) is 0 Å². The predicted molar refractivity (Wildman–Crippen MR) is 51.5 cm³/mol. The average molecular weight is 197 g/mol. The molecule has 5 nitrogen and oxygen atoms in total. The van der Waals surface area contributed by atoms with E-state index in [2.05, 4.69) is 10.3 Å². The lowest BCUT2D eigenvalue weighted by Gasteiger charge is -2.04. The van der Waals surface area contributed by atoms with Gasteiger partial charge in [0.1, 0.15) is 12.4 Å². The van der Waals surface area contributed by atoms with E-state index < -0.39 is 0 Å². The molecule has 0 atom stereocenters. The maximum absolute atomic E-state index is 11.1. The van der Waals surface area contributed by atoms with E-state index in [0.717, 1.165) is 5.82 Å². The van der Waals surface area contributed by atoms with Crippen molar-refractivity contribution in [1.29, 1.82) is 0 Å². The van der Waals surface area contributed by atoms with Crippen LogP contribution in [0.1, 0.15) is 12.7 Å². The van der Waals surface area contributed by atoms with Gasteiger partial charge in [-0.05, 0) is 6.92 Å². The molecule has 1 rings (SSSR count). The molecule has 0 saturated carbocycles. The smallest absolute Gasteiger partial charge is 0.246 e. The Bertz CT molecular complexity index is 296. The number of carbonyl (C=O) groups is 1. The van der Waals surface area contributed by atoms with Gasteiger partial charge in [-0.15, -0.1) is 0 Å². The van der Waals surface area contributed by atoms with Crippen molar-refractivity contribution < 1.29 is 9.53 Å². The van der Waals surface area contributed by atoms with E-state index in [-0.39, 0.29) is 12.5 Å². The number of rotatable bonds is 5. The van der Waals surface area contributed by atoms with Crippen molar-refractivity contribution in [3.05, 3.63) is 18.2 Å². The zero-order chi connectivity index (χ0) is 10.4. The molecular weight excluding hydrogens is 182 g/mol. The van der Waals surface area contributed by atoms with Crippen LogP contribution in [0, 0.1) is 0 Å². The normalized spacial score (nSPS) is 10.1. The summed E-state index contributed by atoms with van der Waals surface area (Å²) in [4.78, 5) is 15.2. The first-order valence-corrected chi connectivity index (χ1v) is 4.54. The summed E-state index contributed by atoms with van der Waals surface area (Å²) in [6.07, 6.45) is 3.54. The average Bonchev–Trinajstić information content (AvgIpc) is 2.58. The molecule has 0 aliphatic carbocycles. The lowest BCUT2D eigenvalue weighted by Crippen LogP contribution is -2.28. The monoisotopic (exact) mass is 197 g/mol. The summed E-state index contributed by atoms with van der Waals surface area (Å²) in [5, 5.41) is 2.71. The molecule has 5 heteroatoms. The van der Waals surface area contributed by atoms with Gasteiger partial charge < -0.3 is 14.6 Å². The Morgan fingerprint density at radius 2 is 2.50 bits per heavy atom. The van der Waals surface area contributed by atoms with E-state index in [4.69, 9.17) is 4.74 Å². The summed E-state index contributed by atoms with van der Waals surface area (Å²) < 4.78 is 6.82. The van der Waals surface area contributed by atoms with E-state index in [1.54, 1.807) is 6.20 Å². The van der Waals surface area contributed by atoms with Crippen LogP contribution in [0.2, 0.25) is 0 Å². The van der Waals surface area contributed by atoms with Gasteiger partial charge in [0.15, 0.2) is 0 Å². The molecule has 1 amide bonds. The first-order chi connectivity index (χ1) is 6.74. The SMILES string of the molecule is CCOCC(=O)NCc1nccn1C. The van der Waals surface area contributed by atoms with Crippen molar-refractivity contribution in [2.75, 3.05) is 13.2 Å². The largest absolute Gasteiger partial charge is 0.372 e. The number of nitrogens with zero attached hydrogens (tertiary/aromatic N) is 2. The van der Waals surface area contributed by atoms with E-state index in [1.807, 2.05) is 24.7 Å². The van der Waals surface area contributed by atoms with E-state index in [1.165, 1.54) is 0 Å². The molecule has 0 aliphatic heterocycles. The summed E-state index contributed by atoms with van der Waals surface area (Å²) in [5.74, 6) is 0.713. The van der Waals surface area contributed by atoms with Crippen LogP contribution in [0.5, 0.6) is 0 Å². The molecule has 14 heavy (non-hydrogen) atoms. The lowest BCUT2D eigenvalue weighted by atomic mass is 10.5. The van der Waals surface area contributed by atoms with Gasteiger partial charge in [-0.1, -0.05) is 0 Å². The van der Waals surface area contributed by atoms with Gasteiger partial charge in [-0.25, -0.2) is 4.98 Å². The van der Waals surface area contributed by atoms with Gasteiger partial charge in [-0.3, -0.25) is 4.79 Å². The van der Waals surface area contributed by atoms with Gasteiger partial charge >= 0.3 is 0 Å². The Labute approximate surface area is 83.1 Å². The second kappa shape index (κ2) is 5.39. The first kappa shape index (κ1) is 10.7. The molecular formula is C9H15N3O2. The maximum atomic E-state index is 11.1. The van der Waals surface area contributed by atoms with Crippen LogP contribution in [-0.4, -0.2) is 28.7 Å². The minimum absolute atomic E-state index is 0.112. The van der Waals surface area contributed by atoms with Crippen LogP contribution in [0.15, 0.2) is 12.4 Å². The fraction of sp³-hybridized carbons (Fsp3) is 0.556. The number of imidazole rings is 1. The highest BCUT2D eigenvalue weighted by atomic mass is 16.5. The van der Waals surface area contributed by atoms with E-state index >= 15 is 0 Å². The molecule has 0 saturated heterocycles. The maximum Gasteiger partial charge on any atom is 0.246 e. The highest BCUT2D eigenvalue weighted by Crippen LogP contribution is 1.92. The van der Waals surface area contributed by atoms with Crippen molar-refractivity contribution in [1.82, 2.24) is 14.9 Å². The third kappa shape index (κ3) is 3.18. The molecule has 0 unspecified atom stereocenters. The number of amides is 1. The molecule has 0 bridgehead atoms. The fourth-order valence-corrected chi connectivity index (χ4v) is 0.990. The molecule has 78 valence electrons. The van der Waals surface area contributed by atoms with Crippen LogP contribution < -0.4 is 5.32 Å². The molecule has 1 heterocycles. The Morgan fingerprint density at radius 1 is 1.71 bits per heavy atom. The summed E-state index contributed by atoms with van der Waals surface area (Å²) in [7, 11) is 1.89. The molecule has 1 aromatic rings. The number of aryl methyl sites for hydroxylation is 1. The van der Waals surface area contributed by atoms with Crippen LogP contribution in [-0.2, 0) is 23.1 Å². The molecule has 0 radical (unpaired) electrons. The first-order valence-electron chi connectivity index (χ1n) is 4.54. The van der Waals surface area contributed by atoms with Crippen LogP contribution >= 0.6 is 0 Å². The second-order valence-corrected chi connectivity index (χ2v) is 2.87. The van der Waals surface area contributed by atoms with Gasteiger partial charge in [0.05, 0.1) is 6.54 Å². The number of ether oxygens (including phenoxy) is 1. The second-order valence-electron chi connectivity index (χ2n) is 2.87. The minimum atomic E-state index is -0.116. The third-order valence-corrected chi connectivity index (χ3v) is 1.80. The fourth-order valence-electron chi connectivity index (χ4n) is 0.990. The van der Waals surface area contributed by atoms with Gasteiger partial charge in [-0.2, -0.15) is 0 Å². The van der Waals surface area contributed by atoms with Crippen molar-refractivity contribution >= 4 is 5.91 Å². The summed E-state index contributed by atoms with van der Waals surface area (Å²) >= 11 is 0. The number of hydrogen-bond acceptors (Lipinski definition) is 3. The number of hydrogen-bond donors (Lipinski definition) is 1. The highest BCUT2D eigenvalue weighted by Gasteiger charge is 2.02. The van der Waals surface area contributed by atoms with Crippen molar-refractivity contribution in [2.45, 2.75) is 13.5 Å². The zero-order valence-corrected chi connectivity index (χ0v) is 8.49. The summed E-state index contributed by atoms with van der Waals surface area (Å²) in [6, 6.07) is 0. The summed E-state index contributed by atoms with van der Waals surface area (Å²) in [6.45, 7) is 2.96. The standard InChI is InChI=1S/C9H15N3O2/c1-3-14-7-9(13)11-6-8-10-4-5-12(8)2/h4-5H,3,6-7H2,1-2H3,(H,11,13). The Hall–Kier alpha value is -1.36. The topological polar surface area (TPSA) is 56.1 Å². The Morgan fingerprint density at radius 3 is 3.07 bits per heavy atom. The Kier molecular flexibility index (Phi) is 4.12. The zero-order valence-electron chi connectivity index (χ0n) is 8.49. The quantitative estimate of drug-likeness (QED) is 0.727. The molecule has 0 aliphatic rings. The third-order valence-electron chi connectivity index (χ3n) is 1.80. The van der Waals surface area contributed by atoms with Gasteiger partial charge in [0, 0.05) is 26.0 Å². The number of aromatic nitrogens is 2. The molecule has 0 aromatic carbocycles. The van der Waals surface area contributed by atoms with E-state index in [9.17, 15) is 4.79 Å². The van der Waals surface area contributed by atoms with E-state index in [0.29, 0.717) is 13.2 Å².